The van der Waals surface area contributed by atoms with Gasteiger partial charge >= 0.3 is 0 Å². The summed E-state index contributed by atoms with van der Waals surface area (Å²) in [5, 5.41) is 0. The zero-order valence-corrected chi connectivity index (χ0v) is 11.0. The second-order valence-electron chi connectivity index (χ2n) is 3.79. The lowest BCUT2D eigenvalue weighted by Crippen LogP contribution is -2.22. The highest BCUT2D eigenvalue weighted by Crippen LogP contribution is 2.25. The van der Waals surface area contributed by atoms with Crippen LogP contribution in [-0.2, 0) is 14.8 Å². The van der Waals surface area contributed by atoms with Gasteiger partial charge in [-0.2, -0.15) is 0 Å². The lowest BCUT2D eigenvalue weighted by Gasteiger charge is -2.14. The number of carbonyl (C=O) groups is 1. The van der Waals surface area contributed by atoms with Crippen molar-refractivity contribution < 1.29 is 13.2 Å². The predicted octanol–water partition coefficient (Wildman–Crippen LogP) is 1.68. The molecule has 0 saturated carbocycles. The second-order valence-corrected chi connectivity index (χ2v) is 5.64. The summed E-state index contributed by atoms with van der Waals surface area (Å²) in [5.74, 6) is -0.372. The Balaban J connectivity index is 3.31. The average molecular weight is 255 g/mol. The fraction of sp³-hybridized carbons (Fsp3) is 0.417. The Morgan fingerprint density at radius 1 is 1.35 bits per heavy atom. The molecule has 17 heavy (non-hydrogen) atoms. The Morgan fingerprint density at radius 2 is 1.94 bits per heavy atom. The number of hydrogen-bond acceptors (Lipinski definition) is 3. The molecular weight excluding hydrogens is 238 g/mol. The molecule has 1 aromatic carbocycles. The van der Waals surface area contributed by atoms with E-state index >= 15 is 0 Å². The van der Waals surface area contributed by atoms with Crippen molar-refractivity contribution in [2.24, 2.45) is 0 Å². The van der Waals surface area contributed by atoms with Gasteiger partial charge in [-0.1, -0.05) is 32.0 Å². The first-order valence-corrected chi connectivity index (χ1v) is 6.97. The van der Waals surface area contributed by atoms with E-state index in [1.807, 2.05) is 0 Å². The van der Waals surface area contributed by atoms with Gasteiger partial charge in [0.1, 0.15) is 5.78 Å². The summed E-state index contributed by atoms with van der Waals surface area (Å²) in [6.07, 6.45) is 0.398. The third-order valence-corrected chi connectivity index (χ3v) is 4.26. The largest absolute Gasteiger partial charge is 0.299 e. The SMILES string of the molecule is CCC(=O)C(C)c1ccccc1S(=O)(=O)NC. The highest BCUT2D eigenvalue weighted by Gasteiger charge is 2.22. The van der Waals surface area contributed by atoms with Gasteiger partial charge in [-0.15, -0.1) is 0 Å². The van der Waals surface area contributed by atoms with Gasteiger partial charge in [0.2, 0.25) is 10.0 Å². The standard InChI is InChI=1S/C12H17NO3S/c1-4-11(14)9(2)10-7-5-6-8-12(10)17(15,16)13-3/h5-9,13H,4H2,1-3H3. The van der Waals surface area contributed by atoms with Gasteiger partial charge in [0.05, 0.1) is 4.90 Å². The van der Waals surface area contributed by atoms with Crippen molar-refractivity contribution in [2.75, 3.05) is 7.05 Å². The molecular formula is C12H17NO3S. The predicted molar refractivity (Wildman–Crippen MR) is 66.4 cm³/mol. The first kappa shape index (κ1) is 13.9. The maximum Gasteiger partial charge on any atom is 0.240 e. The Kier molecular flexibility index (Phi) is 4.42. The number of nitrogens with one attached hydrogen (secondary N) is 1. The Bertz CT molecular complexity index is 508. The van der Waals surface area contributed by atoms with Crippen molar-refractivity contribution in [3.63, 3.8) is 0 Å². The zero-order valence-electron chi connectivity index (χ0n) is 10.2. The van der Waals surface area contributed by atoms with Gasteiger partial charge in [-0.25, -0.2) is 13.1 Å². The number of Topliss-reactive ketones (excluding diaryl/α,β-unsaturated/α-hetero) is 1. The summed E-state index contributed by atoms with van der Waals surface area (Å²) in [7, 11) is -2.16. The van der Waals surface area contributed by atoms with E-state index in [-0.39, 0.29) is 10.7 Å². The lowest BCUT2D eigenvalue weighted by atomic mass is 9.95. The van der Waals surface area contributed by atoms with E-state index < -0.39 is 15.9 Å². The topological polar surface area (TPSA) is 63.2 Å². The molecule has 0 aliphatic carbocycles. The molecule has 0 aliphatic rings. The van der Waals surface area contributed by atoms with Crippen molar-refractivity contribution >= 4 is 15.8 Å². The molecule has 0 aliphatic heterocycles. The van der Waals surface area contributed by atoms with Crippen LogP contribution in [0, 0.1) is 0 Å². The summed E-state index contributed by atoms with van der Waals surface area (Å²) in [6.45, 7) is 3.50. The minimum absolute atomic E-state index is 0.0313. The molecule has 0 amide bonds. The summed E-state index contributed by atoms with van der Waals surface area (Å²) in [6, 6.07) is 6.59. The smallest absolute Gasteiger partial charge is 0.240 e. The van der Waals surface area contributed by atoms with E-state index in [0.29, 0.717) is 12.0 Å². The molecule has 1 N–H and O–H groups in total. The van der Waals surface area contributed by atoms with Gasteiger partial charge in [0, 0.05) is 12.3 Å². The van der Waals surface area contributed by atoms with Crippen LogP contribution in [0.4, 0.5) is 0 Å². The minimum atomic E-state index is -3.52. The third kappa shape index (κ3) is 2.92. The van der Waals surface area contributed by atoms with Crippen molar-refractivity contribution in [3.05, 3.63) is 29.8 Å². The molecule has 0 bridgehead atoms. The van der Waals surface area contributed by atoms with Crippen LogP contribution < -0.4 is 4.72 Å². The molecule has 0 fully saturated rings. The second kappa shape index (κ2) is 5.42. The van der Waals surface area contributed by atoms with Gasteiger partial charge in [0.15, 0.2) is 0 Å². The first-order valence-electron chi connectivity index (χ1n) is 5.49. The number of sulfonamides is 1. The minimum Gasteiger partial charge on any atom is -0.299 e. The molecule has 0 spiro atoms. The zero-order chi connectivity index (χ0) is 13.1. The van der Waals surface area contributed by atoms with E-state index in [4.69, 9.17) is 0 Å². The molecule has 0 aromatic heterocycles. The Morgan fingerprint density at radius 3 is 2.47 bits per heavy atom. The number of rotatable bonds is 5. The van der Waals surface area contributed by atoms with Crippen LogP contribution >= 0.6 is 0 Å². The fourth-order valence-electron chi connectivity index (χ4n) is 1.67. The lowest BCUT2D eigenvalue weighted by molar-refractivity contribution is -0.119. The highest BCUT2D eigenvalue weighted by atomic mass is 32.2. The van der Waals surface area contributed by atoms with E-state index in [9.17, 15) is 13.2 Å². The molecule has 5 heteroatoms. The molecule has 0 saturated heterocycles. The van der Waals surface area contributed by atoms with Crippen molar-refractivity contribution in [1.29, 1.82) is 0 Å². The molecule has 0 radical (unpaired) electrons. The normalized spacial score (nSPS) is 13.4. The van der Waals surface area contributed by atoms with Crippen molar-refractivity contribution in [1.82, 2.24) is 4.72 Å². The molecule has 4 nitrogen and oxygen atoms in total. The van der Waals surface area contributed by atoms with E-state index in [2.05, 4.69) is 4.72 Å². The maximum atomic E-state index is 11.8. The maximum absolute atomic E-state index is 11.8. The Hall–Kier alpha value is -1.20. The van der Waals surface area contributed by atoms with Gasteiger partial charge in [0.25, 0.3) is 0 Å². The molecule has 1 aromatic rings. The third-order valence-electron chi connectivity index (χ3n) is 2.78. The van der Waals surface area contributed by atoms with Gasteiger partial charge < -0.3 is 0 Å². The van der Waals surface area contributed by atoms with Gasteiger partial charge in [-0.3, -0.25) is 4.79 Å². The van der Waals surface area contributed by atoms with Crippen LogP contribution in [0.15, 0.2) is 29.2 Å². The molecule has 1 atom stereocenters. The summed E-state index contributed by atoms with van der Waals surface area (Å²) in [5.41, 5.74) is 0.550. The fourth-order valence-corrected chi connectivity index (χ4v) is 2.71. The number of ketones is 1. The summed E-state index contributed by atoms with van der Waals surface area (Å²) in [4.78, 5) is 11.8. The number of benzene rings is 1. The molecule has 1 unspecified atom stereocenters. The number of hydrogen-bond donors (Lipinski definition) is 1. The van der Waals surface area contributed by atoms with E-state index in [1.54, 1.807) is 32.0 Å². The van der Waals surface area contributed by atoms with E-state index in [0.717, 1.165) is 0 Å². The van der Waals surface area contributed by atoms with Gasteiger partial charge in [-0.05, 0) is 18.7 Å². The van der Waals surface area contributed by atoms with Crippen LogP contribution in [0.3, 0.4) is 0 Å². The highest BCUT2D eigenvalue weighted by molar-refractivity contribution is 7.89. The van der Waals surface area contributed by atoms with Crippen LogP contribution in [-0.4, -0.2) is 21.2 Å². The van der Waals surface area contributed by atoms with E-state index in [1.165, 1.54) is 13.1 Å². The molecule has 1 rings (SSSR count). The van der Waals surface area contributed by atoms with Crippen LogP contribution in [0.25, 0.3) is 0 Å². The molecule has 94 valence electrons. The van der Waals surface area contributed by atoms with Crippen LogP contribution in [0.2, 0.25) is 0 Å². The average Bonchev–Trinajstić information content (AvgIpc) is 2.36. The van der Waals surface area contributed by atoms with Crippen molar-refractivity contribution in [3.8, 4) is 0 Å². The molecule has 0 heterocycles. The Labute approximate surface area is 102 Å². The summed E-state index contributed by atoms with van der Waals surface area (Å²) >= 11 is 0. The van der Waals surface area contributed by atoms with Crippen LogP contribution in [0.1, 0.15) is 31.7 Å². The first-order chi connectivity index (χ1) is 7.94. The monoisotopic (exact) mass is 255 g/mol. The van der Waals surface area contributed by atoms with Crippen LogP contribution in [0.5, 0.6) is 0 Å². The quantitative estimate of drug-likeness (QED) is 0.870. The summed E-state index contributed by atoms with van der Waals surface area (Å²) < 4.78 is 25.9. The number of carbonyl (C=O) groups excluding carboxylic acids is 1. The van der Waals surface area contributed by atoms with Crippen molar-refractivity contribution in [2.45, 2.75) is 31.1 Å².